The number of hydrogen-bond acceptors (Lipinski definition) is 3. The summed E-state index contributed by atoms with van der Waals surface area (Å²) in [7, 11) is -3.38. The molecule has 21 heavy (non-hydrogen) atoms. The van der Waals surface area contributed by atoms with E-state index in [1.807, 2.05) is 6.92 Å². The fourth-order valence-electron chi connectivity index (χ4n) is 2.23. The Morgan fingerprint density at radius 1 is 1.43 bits per heavy atom. The number of nitrogens with one attached hydrogen (secondary N) is 2. The van der Waals surface area contributed by atoms with Crippen molar-refractivity contribution in [1.29, 1.82) is 0 Å². The Morgan fingerprint density at radius 3 is 2.71 bits per heavy atom. The summed E-state index contributed by atoms with van der Waals surface area (Å²) < 4.78 is 26.9. The Bertz CT molecular complexity index is 549. The van der Waals surface area contributed by atoms with Gasteiger partial charge in [0.05, 0.1) is 4.90 Å². The van der Waals surface area contributed by atoms with Gasteiger partial charge in [-0.1, -0.05) is 27.2 Å². The molecule has 0 amide bonds. The molecule has 0 aliphatic heterocycles. The maximum Gasteiger partial charge on any atom is 0.244 e. The number of sulfonamides is 1. The minimum absolute atomic E-state index is 0.370. The van der Waals surface area contributed by atoms with E-state index in [1.165, 1.54) is 12.8 Å². The first-order valence-electron chi connectivity index (χ1n) is 7.88. The Kier molecular flexibility index (Phi) is 5.46. The lowest BCUT2D eigenvalue weighted by Gasteiger charge is -2.22. The van der Waals surface area contributed by atoms with Crippen molar-refractivity contribution in [3.05, 3.63) is 18.0 Å². The molecule has 2 N–H and O–H groups in total. The number of H-pyrrole nitrogens is 1. The molecule has 0 saturated heterocycles. The summed E-state index contributed by atoms with van der Waals surface area (Å²) in [5.41, 5.74) is 0.931. The Labute approximate surface area is 128 Å². The first-order valence-corrected chi connectivity index (χ1v) is 9.32. The molecule has 5 nitrogen and oxygen atoms in total. The normalized spacial score (nSPS) is 17.3. The zero-order chi connectivity index (χ0) is 15.5. The average molecular weight is 313 g/mol. The number of rotatable bonds is 9. The largest absolute Gasteiger partial charge is 0.363 e. The Balaban J connectivity index is 2.05. The van der Waals surface area contributed by atoms with Gasteiger partial charge in [0.15, 0.2) is 0 Å². The highest BCUT2D eigenvalue weighted by molar-refractivity contribution is 7.89. The second kappa shape index (κ2) is 6.94. The minimum atomic E-state index is -3.38. The van der Waals surface area contributed by atoms with Crippen molar-refractivity contribution < 1.29 is 8.42 Å². The molecule has 2 rings (SSSR count). The van der Waals surface area contributed by atoms with Crippen LogP contribution >= 0.6 is 0 Å². The smallest absolute Gasteiger partial charge is 0.244 e. The van der Waals surface area contributed by atoms with Crippen LogP contribution in [0.2, 0.25) is 0 Å². The van der Waals surface area contributed by atoms with Crippen LogP contribution in [0, 0.1) is 5.92 Å². The second-order valence-corrected chi connectivity index (χ2v) is 7.92. The van der Waals surface area contributed by atoms with Gasteiger partial charge >= 0.3 is 0 Å². The maximum atomic E-state index is 12.7. The summed E-state index contributed by atoms with van der Waals surface area (Å²) in [5, 5.41) is 3.38. The Hall–Kier alpha value is -0.850. The van der Waals surface area contributed by atoms with Crippen molar-refractivity contribution in [3.63, 3.8) is 0 Å². The summed E-state index contributed by atoms with van der Waals surface area (Å²) >= 11 is 0. The molecule has 0 spiro atoms. The number of nitrogens with zero attached hydrogens (tertiary/aromatic N) is 1. The van der Waals surface area contributed by atoms with Crippen molar-refractivity contribution in [2.75, 3.05) is 13.1 Å². The molecule has 0 aromatic carbocycles. The topological polar surface area (TPSA) is 65.2 Å². The lowest BCUT2D eigenvalue weighted by molar-refractivity contribution is 0.361. The lowest BCUT2D eigenvalue weighted by atomic mass is 10.1. The van der Waals surface area contributed by atoms with E-state index in [1.54, 1.807) is 16.6 Å². The van der Waals surface area contributed by atoms with E-state index in [4.69, 9.17) is 0 Å². The summed E-state index contributed by atoms with van der Waals surface area (Å²) in [6.07, 6.45) is 5.04. The molecule has 1 fully saturated rings. The van der Waals surface area contributed by atoms with Crippen LogP contribution in [0.5, 0.6) is 0 Å². The summed E-state index contributed by atoms with van der Waals surface area (Å²) in [6, 6.07) is 2.37. The molecular formula is C15H27N3O2S. The maximum absolute atomic E-state index is 12.7. The SMILES string of the molecule is CCC(C)CN(CC)S(=O)(=O)c1c[nH]c(CNC2CC2)c1. The van der Waals surface area contributed by atoms with Crippen LogP contribution < -0.4 is 5.32 Å². The molecule has 1 unspecified atom stereocenters. The van der Waals surface area contributed by atoms with Crippen LogP contribution in [-0.4, -0.2) is 36.8 Å². The standard InChI is InChI=1S/C15H27N3O2S/c1-4-12(3)11-18(5-2)21(19,20)15-8-14(17-10-15)9-16-13-6-7-13/h8,10,12-13,16-17H,4-7,9,11H2,1-3H3. The molecule has 1 atom stereocenters. The monoisotopic (exact) mass is 313 g/mol. The number of aromatic nitrogens is 1. The second-order valence-electron chi connectivity index (χ2n) is 5.98. The van der Waals surface area contributed by atoms with Crippen LogP contribution in [0.25, 0.3) is 0 Å². The van der Waals surface area contributed by atoms with E-state index in [-0.39, 0.29) is 0 Å². The first-order chi connectivity index (χ1) is 9.97. The molecule has 1 aliphatic rings. The van der Waals surface area contributed by atoms with Gasteiger partial charge < -0.3 is 10.3 Å². The molecule has 120 valence electrons. The van der Waals surface area contributed by atoms with Crippen LogP contribution in [0.3, 0.4) is 0 Å². The third kappa shape index (κ3) is 4.31. The van der Waals surface area contributed by atoms with Crippen molar-refractivity contribution in [2.24, 2.45) is 5.92 Å². The molecule has 1 saturated carbocycles. The van der Waals surface area contributed by atoms with Gasteiger partial charge in [-0.25, -0.2) is 8.42 Å². The van der Waals surface area contributed by atoms with Crippen LogP contribution in [0.15, 0.2) is 17.2 Å². The fourth-order valence-corrected chi connectivity index (χ4v) is 3.82. The number of aromatic amines is 1. The van der Waals surface area contributed by atoms with E-state index < -0.39 is 10.0 Å². The molecule has 0 bridgehead atoms. The number of hydrogen-bond donors (Lipinski definition) is 2. The fraction of sp³-hybridized carbons (Fsp3) is 0.733. The highest BCUT2D eigenvalue weighted by Gasteiger charge is 2.26. The van der Waals surface area contributed by atoms with Gasteiger partial charge in [0, 0.05) is 37.6 Å². The van der Waals surface area contributed by atoms with E-state index in [0.717, 1.165) is 12.1 Å². The van der Waals surface area contributed by atoms with Crippen LogP contribution in [0.1, 0.15) is 45.7 Å². The van der Waals surface area contributed by atoms with E-state index in [9.17, 15) is 8.42 Å². The van der Waals surface area contributed by atoms with Gasteiger partial charge in [-0.3, -0.25) is 0 Å². The highest BCUT2D eigenvalue weighted by Crippen LogP contribution is 2.21. The molecule has 1 aromatic heterocycles. The third-order valence-corrected chi connectivity index (χ3v) is 6.00. The summed E-state index contributed by atoms with van der Waals surface area (Å²) in [4.78, 5) is 3.45. The molecule has 1 heterocycles. The van der Waals surface area contributed by atoms with Crippen molar-refractivity contribution >= 4 is 10.0 Å². The quantitative estimate of drug-likeness (QED) is 0.735. The van der Waals surface area contributed by atoms with Crippen molar-refractivity contribution in [1.82, 2.24) is 14.6 Å². The molecule has 0 radical (unpaired) electrons. The highest BCUT2D eigenvalue weighted by atomic mass is 32.2. The van der Waals surface area contributed by atoms with Gasteiger partial charge in [-0.15, -0.1) is 0 Å². The third-order valence-electron chi connectivity index (χ3n) is 4.08. The van der Waals surface area contributed by atoms with Gasteiger partial charge in [0.25, 0.3) is 0 Å². The van der Waals surface area contributed by atoms with Gasteiger partial charge in [-0.2, -0.15) is 4.31 Å². The zero-order valence-electron chi connectivity index (χ0n) is 13.2. The van der Waals surface area contributed by atoms with Gasteiger partial charge in [0.1, 0.15) is 0 Å². The minimum Gasteiger partial charge on any atom is -0.363 e. The zero-order valence-corrected chi connectivity index (χ0v) is 14.0. The molecular weight excluding hydrogens is 286 g/mol. The van der Waals surface area contributed by atoms with Gasteiger partial charge in [0.2, 0.25) is 10.0 Å². The predicted octanol–water partition coefficient (Wildman–Crippen LogP) is 2.32. The van der Waals surface area contributed by atoms with E-state index in [0.29, 0.717) is 36.5 Å². The Morgan fingerprint density at radius 2 is 2.14 bits per heavy atom. The molecule has 6 heteroatoms. The molecule has 1 aliphatic carbocycles. The molecule has 1 aromatic rings. The summed E-state index contributed by atoms with van der Waals surface area (Å²) in [6.45, 7) is 7.85. The van der Waals surface area contributed by atoms with Crippen LogP contribution in [-0.2, 0) is 16.6 Å². The summed E-state index contributed by atoms with van der Waals surface area (Å²) in [5.74, 6) is 0.370. The van der Waals surface area contributed by atoms with Crippen molar-refractivity contribution in [3.8, 4) is 0 Å². The lowest BCUT2D eigenvalue weighted by Crippen LogP contribution is -2.34. The van der Waals surface area contributed by atoms with Gasteiger partial charge in [-0.05, 0) is 24.8 Å². The average Bonchev–Trinajstić information content (AvgIpc) is 3.17. The first kappa shape index (κ1) is 16.5. The van der Waals surface area contributed by atoms with E-state index >= 15 is 0 Å². The van der Waals surface area contributed by atoms with E-state index in [2.05, 4.69) is 24.1 Å². The van der Waals surface area contributed by atoms with Crippen LogP contribution in [0.4, 0.5) is 0 Å². The predicted molar refractivity (Wildman–Crippen MR) is 84.5 cm³/mol. The van der Waals surface area contributed by atoms with Crippen molar-refractivity contribution in [2.45, 2.75) is 57.5 Å².